The lowest BCUT2D eigenvalue weighted by Crippen LogP contribution is -2.52. The van der Waals surface area contributed by atoms with Crippen molar-refractivity contribution in [2.75, 3.05) is 6.54 Å². The van der Waals surface area contributed by atoms with Crippen molar-refractivity contribution in [1.29, 1.82) is 0 Å². The van der Waals surface area contributed by atoms with Gasteiger partial charge >= 0.3 is 0 Å². The summed E-state index contributed by atoms with van der Waals surface area (Å²) in [6.45, 7) is 8.96. The predicted octanol–water partition coefficient (Wildman–Crippen LogP) is 1.67. The number of rotatable bonds is 5. The molecule has 3 N–H and O–H groups in total. The molecule has 3 heteroatoms. The van der Waals surface area contributed by atoms with E-state index in [2.05, 4.69) is 19.2 Å². The third-order valence-electron chi connectivity index (χ3n) is 3.97. The summed E-state index contributed by atoms with van der Waals surface area (Å²) in [7, 11) is 0. The Morgan fingerprint density at radius 1 is 1.53 bits per heavy atom. The summed E-state index contributed by atoms with van der Waals surface area (Å²) in [6.07, 6.45) is 3.14. The number of nitrogens with two attached hydrogens (primary N) is 1. The van der Waals surface area contributed by atoms with Crippen LogP contribution in [0, 0.1) is 11.3 Å². The first-order valence-electron chi connectivity index (χ1n) is 5.91. The van der Waals surface area contributed by atoms with Gasteiger partial charge in [0.15, 0.2) is 0 Å². The normalized spacial score (nSPS) is 22.3. The minimum absolute atomic E-state index is 0.0167. The van der Waals surface area contributed by atoms with Crippen LogP contribution in [0.15, 0.2) is 0 Å². The van der Waals surface area contributed by atoms with Crippen LogP contribution in [0.4, 0.5) is 0 Å². The number of carbonyl (C=O) groups excluding carboxylic acids is 1. The Morgan fingerprint density at radius 3 is 2.40 bits per heavy atom. The molecule has 1 saturated carbocycles. The maximum absolute atomic E-state index is 11.8. The zero-order chi connectivity index (χ0) is 11.7. The van der Waals surface area contributed by atoms with E-state index in [1.54, 1.807) is 6.92 Å². The van der Waals surface area contributed by atoms with Gasteiger partial charge in [-0.05, 0) is 37.5 Å². The molecule has 0 heterocycles. The molecular formula is C12H24N2O. The van der Waals surface area contributed by atoms with Crippen molar-refractivity contribution in [2.24, 2.45) is 17.1 Å². The third-order valence-corrected chi connectivity index (χ3v) is 3.97. The average molecular weight is 212 g/mol. The molecule has 1 aliphatic rings. The zero-order valence-electron chi connectivity index (χ0n) is 10.4. The first-order valence-corrected chi connectivity index (χ1v) is 5.91. The van der Waals surface area contributed by atoms with E-state index in [1.807, 2.05) is 6.92 Å². The molecule has 0 aromatic carbocycles. The molecule has 0 aromatic heterocycles. The average Bonchev–Trinajstić information content (AvgIpc) is 2.95. The molecule has 0 aromatic rings. The highest BCUT2D eigenvalue weighted by molar-refractivity contribution is 5.85. The van der Waals surface area contributed by atoms with Crippen LogP contribution in [-0.4, -0.2) is 18.0 Å². The first kappa shape index (κ1) is 12.5. The third kappa shape index (κ3) is 2.71. The molecule has 0 spiro atoms. The van der Waals surface area contributed by atoms with Gasteiger partial charge in [0.1, 0.15) is 0 Å². The Balaban J connectivity index is 2.41. The molecule has 3 nitrogen and oxygen atoms in total. The summed E-state index contributed by atoms with van der Waals surface area (Å²) in [4.78, 5) is 11.8. The fourth-order valence-corrected chi connectivity index (χ4v) is 1.74. The Morgan fingerprint density at radius 2 is 2.07 bits per heavy atom. The maximum Gasteiger partial charge on any atom is 0.239 e. The van der Waals surface area contributed by atoms with Gasteiger partial charge in [-0.2, -0.15) is 0 Å². The standard InChI is InChI=1S/C12H24N2O/c1-5-11(4,13)10(15)14-8-12(6-7-12)9(2)3/h9H,5-8,13H2,1-4H3,(H,14,15). The summed E-state index contributed by atoms with van der Waals surface area (Å²) in [6, 6.07) is 0. The van der Waals surface area contributed by atoms with Gasteiger partial charge in [-0.3, -0.25) is 4.79 Å². The van der Waals surface area contributed by atoms with Crippen LogP contribution >= 0.6 is 0 Å². The second-order valence-electron chi connectivity index (χ2n) is 5.47. The highest BCUT2D eigenvalue weighted by Gasteiger charge is 2.45. The van der Waals surface area contributed by atoms with Crippen molar-refractivity contribution >= 4 is 5.91 Å². The Kier molecular flexibility index (Phi) is 3.44. The minimum atomic E-state index is -0.715. The molecule has 1 aliphatic carbocycles. The van der Waals surface area contributed by atoms with Gasteiger partial charge < -0.3 is 11.1 Å². The maximum atomic E-state index is 11.8. The van der Waals surface area contributed by atoms with E-state index in [9.17, 15) is 4.79 Å². The Bertz CT molecular complexity index is 242. The molecule has 0 saturated heterocycles. The van der Waals surface area contributed by atoms with Gasteiger partial charge in [0.2, 0.25) is 5.91 Å². The second kappa shape index (κ2) is 4.12. The van der Waals surface area contributed by atoms with Gasteiger partial charge in [0, 0.05) is 6.54 Å². The van der Waals surface area contributed by atoms with Gasteiger partial charge in [-0.1, -0.05) is 20.8 Å². The number of carbonyl (C=O) groups is 1. The molecule has 0 aliphatic heterocycles. The molecule has 1 fully saturated rings. The van der Waals surface area contributed by atoms with E-state index in [0.29, 0.717) is 17.8 Å². The van der Waals surface area contributed by atoms with Crippen LogP contribution in [0.1, 0.15) is 47.0 Å². The fraction of sp³-hybridized carbons (Fsp3) is 0.917. The number of nitrogens with one attached hydrogen (secondary N) is 1. The molecule has 15 heavy (non-hydrogen) atoms. The van der Waals surface area contributed by atoms with Crippen molar-refractivity contribution in [2.45, 2.75) is 52.5 Å². The zero-order valence-corrected chi connectivity index (χ0v) is 10.4. The summed E-state index contributed by atoms with van der Waals surface area (Å²) in [5.74, 6) is 0.625. The minimum Gasteiger partial charge on any atom is -0.354 e. The molecule has 0 bridgehead atoms. The summed E-state index contributed by atoms with van der Waals surface area (Å²) < 4.78 is 0. The SMILES string of the molecule is CCC(C)(N)C(=O)NCC1(C(C)C)CC1. The van der Waals surface area contributed by atoms with Crippen LogP contribution in [0.2, 0.25) is 0 Å². The molecule has 0 radical (unpaired) electrons. The highest BCUT2D eigenvalue weighted by atomic mass is 16.2. The Labute approximate surface area is 92.8 Å². The number of hydrogen-bond acceptors (Lipinski definition) is 2. The van der Waals surface area contributed by atoms with E-state index in [0.717, 1.165) is 6.54 Å². The van der Waals surface area contributed by atoms with Crippen LogP contribution < -0.4 is 11.1 Å². The fourth-order valence-electron chi connectivity index (χ4n) is 1.74. The summed E-state index contributed by atoms with van der Waals surface area (Å²) >= 11 is 0. The van der Waals surface area contributed by atoms with Crippen molar-refractivity contribution in [3.05, 3.63) is 0 Å². The lowest BCUT2D eigenvalue weighted by Gasteiger charge is -2.25. The molecule has 88 valence electrons. The van der Waals surface area contributed by atoms with Crippen LogP contribution in [0.5, 0.6) is 0 Å². The van der Waals surface area contributed by atoms with Crippen LogP contribution in [0.25, 0.3) is 0 Å². The van der Waals surface area contributed by atoms with Gasteiger partial charge in [-0.15, -0.1) is 0 Å². The van der Waals surface area contributed by atoms with Crippen molar-refractivity contribution in [3.8, 4) is 0 Å². The lowest BCUT2D eigenvalue weighted by molar-refractivity contribution is -0.126. The monoisotopic (exact) mass is 212 g/mol. The Hall–Kier alpha value is -0.570. The second-order valence-corrected chi connectivity index (χ2v) is 5.47. The molecule has 1 atom stereocenters. The molecule has 1 rings (SSSR count). The number of hydrogen-bond donors (Lipinski definition) is 2. The van der Waals surface area contributed by atoms with Gasteiger partial charge in [0.05, 0.1) is 5.54 Å². The largest absolute Gasteiger partial charge is 0.354 e. The van der Waals surface area contributed by atoms with E-state index in [4.69, 9.17) is 5.73 Å². The first-order chi connectivity index (χ1) is 6.84. The molecule has 1 unspecified atom stereocenters. The molecule has 1 amide bonds. The van der Waals surface area contributed by atoms with E-state index in [1.165, 1.54) is 12.8 Å². The predicted molar refractivity (Wildman–Crippen MR) is 62.4 cm³/mol. The van der Waals surface area contributed by atoms with Crippen molar-refractivity contribution in [1.82, 2.24) is 5.32 Å². The van der Waals surface area contributed by atoms with Crippen molar-refractivity contribution in [3.63, 3.8) is 0 Å². The highest BCUT2D eigenvalue weighted by Crippen LogP contribution is 2.51. The molecular weight excluding hydrogens is 188 g/mol. The van der Waals surface area contributed by atoms with E-state index >= 15 is 0 Å². The van der Waals surface area contributed by atoms with Crippen molar-refractivity contribution < 1.29 is 4.79 Å². The van der Waals surface area contributed by atoms with E-state index < -0.39 is 5.54 Å². The summed E-state index contributed by atoms with van der Waals surface area (Å²) in [5, 5.41) is 2.99. The van der Waals surface area contributed by atoms with Gasteiger partial charge in [-0.25, -0.2) is 0 Å². The quantitative estimate of drug-likeness (QED) is 0.728. The van der Waals surface area contributed by atoms with Crippen LogP contribution in [-0.2, 0) is 4.79 Å². The van der Waals surface area contributed by atoms with E-state index in [-0.39, 0.29) is 5.91 Å². The summed E-state index contributed by atoms with van der Waals surface area (Å²) in [5.41, 5.74) is 5.52. The smallest absolute Gasteiger partial charge is 0.239 e. The van der Waals surface area contributed by atoms with Crippen LogP contribution in [0.3, 0.4) is 0 Å². The number of amides is 1. The van der Waals surface area contributed by atoms with Gasteiger partial charge in [0.25, 0.3) is 0 Å². The topological polar surface area (TPSA) is 55.1 Å². The lowest BCUT2D eigenvalue weighted by atomic mass is 9.91.